The molecule has 1 aliphatic heterocycles. The van der Waals surface area contributed by atoms with Crippen LogP contribution in [-0.4, -0.2) is 37.2 Å². The fourth-order valence-corrected chi connectivity index (χ4v) is 4.05. The highest BCUT2D eigenvalue weighted by molar-refractivity contribution is 5.39. The molecule has 3 rings (SSSR count). The molecular formula is C28H39F2NO4. The van der Waals surface area contributed by atoms with Crippen molar-refractivity contribution in [3.05, 3.63) is 65.2 Å². The first-order valence-electron chi connectivity index (χ1n) is 12.6. The van der Waals surface area contributed by atoms with Gasteiger partial charge >= 0.3 is 0 Å². The van der Waals surface area contributed by atoms with Gasteiger partial charge in [0.2, 0.25) is 5.79 Å². The van der Waals surface area contributed by atoms with Crippen molar-refractivity contribution in [1.82, 2.24) is 5.32 Å². The van der Waals surface area contributed by atoms with Crippen LogP contribution in [0.1, 0.15) is 75.2 Å². The standard InChI is InChI=1S/C28H39F2NO4/c1-27(2)34-21-23-19-22(13-14-26(23)35-27)25(32)20-31-16-8-3-4-9-17-33-18-10-15-28(29,30)24-11-6-5-7-12-24/h5-7,11-14,19,25,31-32H,3-4,8-10,15-18,20-21H2,1-2H3/t25-/m1/s1. The van der Waals surface area contributed by atoms with E-state index in [0.29, 0.717) is 32.8 Å². The van der Waals surface area contributed by atoms with Crippen molar-refractivity contribution in [1.29, 1.82) is 0 Å². The maximum atomic E-state index is 14.1. The summed E-state index contributed by atoms with van der Waals surface area (Å²) in [7, 11) is 0. The van der Waals surface area contributed by atoms with Crippen molar-refractivity contribution in [2.45, 2.75) is 76.8 Å². The van der Waals surface area contributed by atoms with Crippen molar-refractivity contribution in [3.63, 3.8) is 0 Å². The predicted molar refractivity (Wildman–Crippen MR) is 133 cm³/mol. The lowest BCUT2D eigenvalue weighted by atomic mass is 10.0. The summed E-state index contributed by atoms with van der Waals surface area (Å²) in [4.78, 5) is 0. The molecule has 35 heavy (non-hydrogen) atoms. The number of benzene rings is 2. The Labute approximate surface area is 207 Å². The molecule has 2 N–H and O–H groups in total. The zero-order valence-electron chi connectivity index (χ0n) is 20.9. The van der Waals surface area contributed by atoms with Crippen molar-refractivity contribution >= 4 is 0 Å². The van der Waals surface area contributed by atoms with E-state index in [4.69, 9.17) is 14.2 Å². The number of rotatable bonds is 15. The lowest BCUT2D eigenvalue weighted by Gasteiger charge is -2.33. The largest absolute Gasteiger partial charge is 0.463 e. The number of fused-ring (bicyclic) bond motifs is 1. The number of ether oxygens (including phenoxy) is 3. The number of hydrogen-bond donors (Lipinski definition) is 2. The van der Waals surface area contributed by atoms with Crippen LogP contribution < -0.4 is 10.1 Å². The van der Waals surface area contributed by atoms with E-state index in [9.17, 15) is 13.9 Å². The Bertz CT molecular complexity index is 892. The molecule has 2 aromatic carbocycles. The van der Waals surface area contributed by atoms with Crippen LogP contribution in [0, 0.1) is 0 Å². The molecule has 1 aliphatic rings. The maximum absolute atomic E-state index is 14.1. The normalized spacial score (nSPS) is 15.9. The average Bonchev–Trinajstić information content (AvgIpc) is 2.84. The van der Waals surface area contributed by atoms with Crippen molar-refractivity contribution in [2.24, 2.45) is 0 Å². The molecule has 0 radical (unpaired) electrons. The second kappa shape index (κ2) is 13.3. The van der Waals surface area contributed by atoms with E-state index in [1.807, 2.05) is 32.0 Å². The molecule has 1 atom stereocenters. The molecule has 1 heterocycles. The number of aliphatic hydroxyl groups excluding tert-OH is 1. The van der Waals surface area contributed by atoms with Crippen LogP contribution in [0.25, 0.3) is 0 Å². The zero-order valence-corrected chi connectivity index (χ0v) is 20.9. The lowest BCUT2D eigenvalue weighted by molar-refractivity contribution is -0.180. The Morgan fingerprint density at radius 2 is 1.77 bits per heavy atom. The minimum atomic E-state index is -2.80. The topological polar surface area (TPSA) is 60.0 Å². The Morgan fingerprint density at radius 1 is 1.03 bits per heavy atom. The van der Waals surface area contributed by atoms with Crippen LogP contribution in [-0.2, 0) is 22.0 Å². The lowest BCUT2D eigenvalue weighted by Crippen LogP contribution is -2.35. The fraction of sp³-hybridized carbons (Fsp3) is 0.571. The van der Waals surface area contributed by atoms with Crippen molar-refractivity contribution in [3.8, 4) is 5.75 Å². The molecule has 0 saturated carbocycles. The van der Waals surface area contributed by atoms with E-state index < -0.39 is 17.8 Å². The molecule has 5 nitrogen and oxygen atoms in total. The van der Waals surface area contributed by atoms with Crippen LogP contribution in [0.3, 0.4) is 0 Å². The van der Waals surface area contributed by atoms with Gasteiger partial charge in [0.15, 0.2) is 0 Å². The molecule has 194 valence electrons. The number of nitrogens with one attached hydrogen (secondary N) is 1. The van der Waals surface area contributed by atoms with E-state index in [2.05, 4.69) is 5.32 Å². The second-order valence-electron chi connectivity index (χ2n) is 9.58. The van der Waals surface area contributed by atoms with Gasteiger partial charge in [-0.2, -0.15) is 0 Å². The summed E-state index contributed by atoms with van der Waals surface area (Å²) >= 11 is 0. The van der Waals surface area contributed by atoms with Gasteiger partial charge in [-0.05, 0) is 43.5 Å². The molecule has 0 fully saturated rings. The first-order chi connectivity index (χ1) is 16.8. The summed E-state index contributed by atoms with van der Waals surface area (Å²) in [6, 6.07) is 13.7. The van der Waals surface area contributed by atoms with Gasteiger partial charge in [-0.15, -0.1) is 0 Å². The molecule has 0 aromatic heterocycles. The van der Waals surface area contributed by atoms with Crippen LogP contribution in [0.2, 0.25) is 0 Å². The molecule has 7 heteroatoms. The van der Waals surface area contributed by atoms with Crippen molar-refractivity contribution in [2.75, 3.05) is 26.3 Å². The molecule has 2 aromatic rings. The summed E-state index contributed by atoms with van der Waals surface area (Å²) in [5, 5.41) is 13.8. The highest BCUT2D eigenvalue weighted by atomic mass is 19.3. The molecule has 0 saturated heterocycles. The van der Waals surface area contributed by atoms with Gasteiger partial charge in [0.25, 0.3) is 5.92 Å². The quantitative estimate of drug-likeness (QED) is 0.295. The van der Waals surface area contributed by atoms with Crippen molar-refractivity contribution < 1.29 is 28.1 Å². The molecule has 0 bridgehead atoms. The average molecular weight is 492 g/mol. The Morgan fingerprint density at radius 3 is 2.57 bits per heavy atom. The molecule has 0 amide bonds. The summed E-state index contributed by atoms with van der Waals surface area (Å²) in [5.74, 6) is -2.62. The number of aliphatic hydroxyl groups is 1. The number of halogens is 2. The summed E-state index contributed by atoms with van der Waals surface area (Å²) < 4.78 is 45.2. The summed E-state index contributed by atoms with van der Waals surface area (Å²) in [5.41, 5.74) is 1.87. The Hall–Kier alpha value is -2.06. The minimum absolute atomic E-state index is 0.0668. The third-order valence-electron chi connectivity index (χ3n) is 6.11. The Balaban J connectivity index is 1.17. The third-order valence-corrected chi connectivity index (χ3v) is 6.11. The van der Waals surface area contributed by atoms with E-state index >= 15 is 0 Å². The predicted octanol–water partition coefficient (Wildman–Crippen LogP) is 6.10. The SMILES string of the molecule is CC1(C)OCc2cc([C@H](O)CNCCCCCCOCCCC(F)(F)c3ccccc3)ccc2O1. The van der Waals surface area contributed by atoms with Gasteiger partial charge in [0.1, 0.15) is 5.75 Å². The van der Waals surface area contributed by atoms with E-state index in [-0.39, 0.29) is 12.0 Å². The van der Waals surface area contributed by atoms with E-state index in [1.54, 1.807) is 18.2 Å². The van der Waals surface area contributed by atoms with Gasteiger partial charge < -0.3 is 24.6 Å². The molecule has 0 unspecified atom stereocenters. The zero-order chi connectivity index (χ0) is 25.2. The Kier molecular flexibility index (Phi) is 10.5. The van der Waals surface area contributed by atoms with Gasteiger partial charge in [0, 0.05) is 51.2 Å². The highest BCUT2D eigenvalue weighted by Crippen LogP contribution is 2.33. The number of alkyl halides is 2. The van der Waals surface area contributed by atoms with E-state index in [0.717, 1.165) is 49.1 Å². The smallest absolute Gasteiger partial charge is 0.273 e. The fourth-order valence-electron chi connectivity index (χ4n) is 4.05. The molecule has 0 spiro atoms. The van der Waals surface area contributed by atoms with Gasteiger partial charge in [0.05, 0.1) is 12.7 Å². The first kappa shape index (κ1) is 27.5. The summed E-state index contributed by atoms with van der Waals surface area (Å²) in [6.07, 6.45) is 3.59. The number of unbranched alkanes of at least 4 members (excludes halogenated alkanes) is 3. The second-order valence-corrected chi connectivity index (χ2v) is 9.58. The van der Waals surface area contributed by atoms with Crippen LogP contribution in [0.5, 0.6) is 5.75 Å². The highest BCUT2D eigenvalue weighted by Gasteiger charge is 2.30. The van der Waals surface area contributed by atoms with Crippen LogP contribution in [0.15, 0.2) is 48.5 Å². The van der Waals surface area contributed by atoms with Crippen LogP contribution >= 0.6 is 0 Å². The third kappa shape index (κ3) is 9.15. The summed E-state index contributed by atoms with van der Waals surface area (Å²) in [6.45, 7) is 6.52. The first-order valence-corrected chi connectivity index (χ1v) is 12.6. The minimum Gasteiger partial charge on any atom is -0.463 e. The van der Waals surface area contributed by atoms with Gasteiger partial charge in [-0.25, -0.2) is 8.78 Å². The molecule has 0 aliphatic carbocycles. The number of hydrogen-bond acceptors (Lipinski definition) is 5. The molecular weight excluding hydrogens is 452 g/mol. The monoisotopic (exact) mass is 491 g/mol. The van der Waals surface area contributed by atoms with Gasteiger partial charge in [-0.1, -0.05) is 49.2 Å². The van der Waals surface area contributed by atoms with Crippen LogP contribution in [0.4, 0.5) is 8.78 Å². The maximum Gasteiger partial charge on any atom is 0.273 e. The van der Waals surface area contributed by atoms with Gasteiger partial charge in [-0.3, -0.25) is 0 Å². The van der Waals surface area contributed by atoms with E-state index in [1.165, 1.54) is 12.1 Å².